The predicted molar refractivity (Wildman–Crippen MR) is 87.5 cm³/mol. The molecule has 1 heterocycles. The van der Waals surface area contributed by atoms with Crippen molar-refractivity contribution in [3.63, 3.8) is 0 Å². The fraction of sp³-hybridized carbons (Fsp3) is 0.267. The van der Waals surface area contributed by atoms with Gasteiger partial charge >= 0.3 is 5.97 Å². The summed E-state index contributed by atoms with van der Waals surface area (Å²) in [6.45, 7) is 8.08. The number of benzene rings is 1. The van der Waals surface area contributed by atoms with Crippen LogP contribution in [-0.4, -0.2) is 27.7 Å². The first kappa shape index (κ1) is 19.7. The first-order chi connectivity index (χ1) is 10.5. The minimum atomic E-state index is -1.16. The van der Waals surface area contributed by atoms with Gasteiger partial charge in [0.25, 0.3) is 0 Å². The van der Waals surface area contributed by atoms with Crippen LogP contribution in [0.3, 0.4) is 0 Å². The number of H-pyrrole nitrogens is 1. The fourth-order valence-corrected chi connectivity index (χ4v) is 1.56. The van der Waals surface area contributed by atoms with E-state index in [0.717, 1.165) is 5.02 Å². The van der Waals surface area contributed by atoms with Gasteiger partial charge in [0.2, 0.25) is 6.41 Å². The molecule has 0 fully saturated rings. The van der Waals surface area contributed by atoms with E-state index in [1.165, 1.54) is 17.3 Å². The molecule has 7 heteroatoms. The van der Waals surface area contributed by atoms with Crippen molar-refractivity contribution in [2.24, 2.45) is 0 Å². The van der Waals surface area contributed by atoms with E-state index in [-0.39, 0.29) is 11.4 Å². The van der Waals surface area contributed by atoms with Crippen LogP contribution in [0, 0.1) is 13.8 Å². The van der Waals surface area contributed by atoms with E-state index in [4.69, 9.17) is 16.7 Å². The second kappa shape index (κ2) is 10.4. The van der Waals surface area contributed by atoms with Crippen molar-refractivity contribution < 1.29 is 14.7 Å². The molecule has 0 aliphatic heterocycles. The molecule has 0 aliphatic rings. The van der Waals surface area contributed by atoms with Gasteiger partial charge in [-0.3, -0.25) is 9.89 Å². The van der Waals surface area contributed by atoms with Crippen LogP contribution in [0.5, 0.6) is 0 Å². The van der Waals surface area contributed by atoms with Gasteiger partial charge in [0.1, 0.15) is 0 Å². The average Bonchev–Trinajstić information content (AvgIpc) is 2.96. The molecule has 0 radical (unpaired) electrons. The van der Waals surface area contributed by atoms with Gasteiger partial charge in [0, 0.05) is 5.02 Å². The van der Waals surface area contributed by atoms with Crippen LogP contribution in [0.1, 0.15) is 35.5 Å². The van der Waals surface area contributed by atoms with Gasteiger partial charge in [-0.25, -0.2) is 4.79 Å². The van der Waals surface area contributed by atoms with E-state index in [9.17, 15) is 9.59 Å². The third kappa shape index (κ3) is 5.97. The second-order valence-corrected chi connectivity index (χ2v) is 4.31. The monoisotopic (exact) mass is 325 g/mol. The molecule has 1 amide bonds. The Balaban J connectivity index is 0.000000366. The Morgan fingerprint density at radius 3 is 2.45 bits per heavy atom. The Morgan fingerprint density at radius 2 is 2.00 bits per heavy atom. The summed E-state index contributed by atoms with van der Waals surface area (Å²) in [6.07, 6.45) is 1.61. The van der Waals surface area contributed by atoms with Crippen LogP contribution in [0.15, 0.2) is 24.4 Å². The maximum Gasteiger partial charge on any atom is 0.356 e. The molecule has 3 N–H and O–H groups in total. The quantitative estimate of drug-likeness (QED) is 0.750. The Morgan fingerprint density at radius 1 is 1.36 bits per heavy atom. The Kier molecular flexibility index (Phi) is 9.29. The summed E-state index contributed by atoms with van der Waals surface area (Å²) in [7, 11) is 0. The van der Waals surface area contributed by atoms with Gasteiger partial charge in [-0.1, -0.05) is 37.6 Å². The zero-order valence-corrected chi connectivity index (χ0v) is 13.7. The molecule has 0 unspecified atom stereocenters. The number of aromatic carboxylic acids is 1. The molecule has 0 bridgehead atoms. The highest BCUT2D eigenvalue weighted by Gasteiger charge is 2.10. The van der Waals surface area contributed by atoms with Crippen LogP contribution in [-0.2, 0) is 4.79 Å². The number of carbonyl (C=O) groups excluding carboxylic acids is 1. The molecule has 2 aromatic rings. The van der Waals surface area contributed by atoms with Gasteiger partial charge in [-0.15, -0.1) is 0 Å². The normalized spacial score (nSPS) is 8.77. The molecular formula is C15H20ClN3O3. The standard InChI is InChI=1S/C8H9Cl.C5H5N3O3.C2H6/c1-6-4-3-5-8(9)7(6)2;9-2-6-3-1-7-8-4(3)5(10)11;1-2/h3-5H,1-2H3;1-2H,(H,6,9)(H,7,8)(H,10,11);1-2H3. The molecule has 0 saturated heterocycles. The number of nitrogens with one attached hydrogen (secondary N) is 2. The summed E-state index contributed by atoms with van der Waals surface area (Å²) in [5, 5.41) is 17.1. The number of carboxylic acid groups (broad SMARTS) is 1. The second-order valence-electron chi connectivity index (χ2n) is 3.91. The minimum absolute atomic E-state index is 0.128. The number of aromatic amines is 1. The summed E-state index contributed by atoms with van der Waals surface area (Å²) in [5.74, 6) is -1.16. The molecule has 0 saturated carbocycles. The number of carboxylic acids is 1. The first-order valence-corrected chi connectivity index (χ1v) is 7.03. The van der Waals surface area contributed by atoms with Crippen molar-refractivity contribution in [3.8, 4) is 0 Å². The Hall–Kier alpha value is -2.34. The van der Waals surface area contributed by atoms with Crippen LogP contribution in [0.25, 0.3) is 0 Å². The lowest BCUT2D eigenvalue weighted by molar-refractivity contribution is -0.105. The van der Waals surface area contributed by atoms with Gasteiger partial charge in [0.05, 0.1) is 11.9 Å². The van der Waals surface area contributed by atoms with Crippen LogP contribution in [0.4, 0.5) is 5.69 Å². The molecule has 1 aromatic carbocycles. The highest BCUT2D eigenvalue weighted by Crippen LogP contribution is 2.16. The van der Waals surface area contributed by atoms with E-state index >= 15 is 0 Å². The number of hydrogen-bond donors (Lipinski definition) is 3. The molecule has 2 rings (SSSR count). The Bertz CT molecular complexity index is 592. The number of carbonyl (C=O) groups is 2. The molecular weight excluding hydrogens is 306 g/mol. The number of rotatable bonds is 3. The summed E-state index contributed by atoms with van der Waals surface area (Å²) in [5.41, 5.74) is 2.46. The van der Waals surface area contributed by atoms with Crippen LogP contribution >= 0.6 is 11.6 Å². The minimum Gasteiger partial charge on any atom is -0.476 e. The topological polar surface area (TPSA) is 95.1 Å². The maximum atomic E-state index is 10.3. The lowest BCUT2D eigenvalue weighted by atomic mass is 10.1. The van der Waals surface area contributed by atoms with Gasteiger partial charge < -0.3 is 10.4 Å². The van der Waals surface area contributed by atoms with E-state index in [1.807, 2.05) is 32.9 Å². The van der Waals surface area contributed by atoms with Crippen molar-refractivity contribution in [1.29, 1.82) is 0 Å². The SMILES string of the molecule is CC.Cc1cccc(Cl)c1C.O=CNc1cn[nH]c1C(=O)O. The highest BCUT2D eigenvalue weighted by molar-refractivity contribution is 6.31. The zero-order valence-electron chi connectivity index (χ0n) is 13.0. The molecule has 0 atom stereocenters. The van der Waals surface area contributed by atoms with Crippen molar-refractivity contribution >= 4 is 29.7 Å². The third-order valence-corrected chi connectivity index (χ3v) is 3.02. The number of aryl methyl sites for hydroxylation is 1. The van der Waals surface area contributed by atoms with Crippen molar-refractivity contribution in [1.82, 2.24) is 10.2 Å². The van der Waals surface area contributed by atoms with Crippen molar-refractivity contribution in [3.05, 3.63) is 46.2 Å². The number of amides is 1. The lowest BCUT2D eigenvalue weighted by Gasteiger charge is -1.98. The van der Waals surface area contributed by atoms with Gasteiger partial charge in [-0.05, 0) is 31.0 Å². The number of anilines is 1. The highest BCUT2D eigenvalue weighted by atomic mass is 35.5. The molecule has 1 aromatic heterocycles. The Labute approximate surface area is 134 Å². The molecule has 0 aliphatic carbocycles. The smallest absolute Gasteiger partial charge is 0.356 e. The molecule has 22 heavy (non-hydrogen) atoms. The molecule has 120 valence electrons. The number of hydrogen-bond acceptors (Lipinski definition) is 3. The largest absolute Gasteiger partial charge is 0.476 e. The lowest BCUT2D eigenvalue weighted by Crippen LogP contribution is -2.02. The summed E-state index contributed by atoms with van der Waals surface area (Å²) in [4.78, 5) is 20.2. The molecule has 6 nitrogen and oxygen atoms in total. The summed E-state index contributed by atoms with van der Waals surface area (Å²) in [6, 6.07) is 5.93. The maximum absolute atomic E-state index is 10.3. The van der Waals surface area contributed by atoms with Crippen LogP contribution < -0.4 is 5.32 Å². The van der Waals surface area contributed by atoms with Crippen molar-refractivity contribution in [2.75, 3.05) is 5.32 Å². The van der Waals surface area contributed by atoms with Crippen molar-refractivity contribution in [2.45, 2.75) is 27.7 Å². The number of aromatic nitrogens is 2. The fourth-order valence-electron chi connectivity index (χ4n) is 1.34. The first-order valence-electron chi connectivity index (χ1n) is 6.66. The molecule has 0 spiro atoms. The predicted octanol–water partition coefficient (Wildman–Crippen LogP) is 3.66. The summed E-state index contributed by atoms with van der Waals surface area (Å²) < 4.78 is 0. The van der Waals surface area contributed by atoms with Gasteiger partial charge in [0.15, 0.2) is 5.69 Å². The van der Waals surface area contributed by atoms with E-state index in [1.54, 1.807) is 0 Å². The van der Waals surface area contributed by atoms with Gasteiger partial charge in [-0.2, -0.15) is 5.10 Å². The zero-order chi connectivity index (χ0) is 17.1. The third-order valence-electron chi connectivity index (χ3n) is 2.61. The van der Waals surface area contributed by atoms with E-state index < -0.39 is 5.97 Å². The van der Waals surface area contributed by atoms with E-state index in [0.29, 0.717) is 6.41 Å². The number of halogens is 1. The average molecular weight is 326 g/mol. The summed E-state index contributed by atoms with van der Waals surface area (Å²) >= 11 is 5.81. The van der Waals surface area contributed by atoms with E-state index in [2.05, 4.69) is 28.5 Å². The van der Waals surface area contributed by atoms with Crippen LogP contribution in [0.2, 0.25) is 5.02 Å². The number of nitrogens with zero attached hydrogens (tertiary/aromatic N) is 1.